The molecule has 0 aliphatic rings. The Labute approximate surface area is 238 Å². The summed E-state index contributed by atoms with van der Waals surface area (Å²) < 4.78 is 27.2. The van der Waals surface area contributed by atoms with Gasteiger partial charge in [-0.3, -0.25) is 16.0 Å². The molecule has 1 aromatic carbocycles. The van der Waals surface area contributed by atoms with Crippen LogP contribution in [0.15, 0.2) is 29.2 Å². The predicted octanol–water partition coefficient (Wildman–Crippen LogP) is 8.67. The van der Waals surface area contributed by atoms with Crippen molar-refractivity contribution >= 4 is 15.7 Å². The van der Waals surface area contributed by atoms with Gasteiger partial charge >= 0.3 is 0 Å². The van der Waals surface area contributed by atoms with E-state index in [1.807, 2.05) is 0 Å². The van der Waals surface area contributed by atoms with Crippen molar-refractivity contribution in [2.75, 3.05) is 0 Å². The first kappa shape index (κ1) is 35.1. The van der Waals surface area contributed by atoms with E-state index in [2.05, 4.69) is 25.7 Å². The van der Waals surface area contributed by atoms with Gasteiger partial charge in [0.2, 0.25) is 0 Å². The van der Waals surface area contributed by atoms with Crippen molar-refractivity contribution in [1.29, 1.82) is 0 Å². The molecule has 1 rings (SSSR count). The summed E-state index contributed by atoms with van der Waals surface area (Å²) in [5.74, 6) is 12.4. The van der Waals surface area contributed by atoms with Gasteiger partial charge in [0, 0.05) is 12.5 Å². The Morgan fingerprint density at radius 2 is 1.26 bits per heavy atom. The number of hydrogen-bond donors (Lipinski definition) is 1. The number of nitrogens with zero attached hydrogens (tertiary/aromatic N) is 2. The number of nitrogens with two attached hydrogens (primary N) is 1. The summed E-state index contributed by atoms with van der Waals surface area (Å²) in [6.45, 7) is 4.42. The molecule has 39 heavy (non-hydrogen) atoms. The molecular formula is C31H53N3O4S. The van der Waals surface area contributed by atoms with E-state index in [1.54, 1.807) is 0 Å². The quantitative estimate of drug-likeness (QED) is 0.0471. The van der Waals surface area contributed by atoms with E-state index >= 15 is 0 Å². The fraction of sp³-hybridized carbons (Fsp3) is 0.742. The van der Waals surface area contributed by atoms with Crippen molar-refractivity contribution < 1.29 is 13.3 Å². The van der Waals surface area contributed by atoms with Crippen LogP contribution >= 0.6 is 0 Å². The molecule has 2 N–H and O–H groups in total. The van der Waals surface area contributed by atoms with E-state index in [1.165, 1.54) is 94.9 Å². The monoisotopic (exact) mass is 563 g/mol. The molecule has 0 radical (unpaired) electrons. The van der Waals surface area contributed by atoms with Crippen molar-refractivity contribution in [3.8, 4) is 11.8 Å². The summed E-state index contributed by atoms with van der Waals surface area (Å²) >= 11 is 0. The maximum absolute atomic E-state index is 13.2. The Hall–Kier alpha value is -1.95. The van der Waals surface area contributed by atoms with Crippen LogP contribution in [-0.4, -0.2) is 23.8 Å². The summed E-state index contributed by atoms with van der Waals surface area (Å²) in [4.78, 5) is 10.3. The number of rotatable bonds is 23. The van der Waals surface area contributed by atoms with Crippen LogP contribution in [0.4, 0.5) is 5.69 Å². The third-order valence-electron chi connectivity index (χ3n) is 7.18. The van der Waals surface area contributed by atoms with E-state index in [9.17, 15) is 18.5 Å². The number of benzene rings is 1. The van der Waals surface area contributed by atoms with E-state index in [0.29, 0.717) is 12.8 Å². The second-order valence-corrected chi connectivity index (χ2v) is 12.4. The third-order valence-corrected chi connectivity index (χ3v) is 8.89. The lowest BCUT2D eigenvalue weighted by Gasteiger charge is -2.23. The first-order valence-electron chi connectivity index (χ1n) is 15.4. The van der Waals surface area contributed by atoms with E-state index in [0.717, 1.165) is 49.4 Å². The molecule has 222 valence electrons. The number of nitro benzene ring substituents is 1. The molecule has 0 aliphatic carbocycles. The second kappa shape index (κ2) is 21.8. The lowest BCUT2D eigenvalue weighted by Crippen LogP contribution is -2.45. The summed E-state index contributed by atoms with van der Waals surface area (Å²) in [5.41, 5.74) is -0.476. The highest BCUT2D eigenvalue weighted by Gasteiger charge is 2.33. The Kier molecular flexibility index (Phi) is 19.6. The summed E-state index contributed by atoms with van der Waals surface area (Å²) in [6, 6.07) is 4.62. The molecule has 0 spiro atoms. The Morgan fingerprint density at radius 3 is 1.77 bits per heavy atom. The Bertz CT molecular complexity index is 956. The smallest absolute Gasteiger partial charge is 0.258 e. The zero-order valence-corrected chi connectivity index (χ0v) is 25.4. The van der Waals surface area contributed by atoms with Crippen molar-refractivity contribution in [2.24, 2.45) is 5.84 Å². The SMILES string of the molecule is CCCCCCCCCCCCCCC#C[C@H](CCCCCCCC)N(N)S(=O)(=O)c1ccccc1[N+](=O)[O-]. The van der Waals surface area contributed by atoms with E-state index < -0.39 is 31.6 Å². The number of nitro groups is 1. The fourth-order valence-electron chi connectivity index (χ4n) is 4.73. The largest absolute Gasteiger partial charge is 0.289 e. The third kappa shape index (κ3) is 14.9. The van der Waals surface area contributed by atoms with Crippen LogP contribution in [0.1, 0.15) is 142 Å². The van der Waals surface area contributed by atoms with Gasteiger partial charge in [-0.2, -0.15) is 0 Å². The second-order valence-electron chi connectivity index (χ2n) is 10.6. The van der Waals surface area contributed by atoms with Crippen LogP contribution in [0.3, 0.4) is 0 Å². The fourth-order valence-corrected chi connectivity index (χ4v) is 6.11. The van der Waals surface area contributed by atoms with Gasteiger partial charge in [-0.1, -0.05) is 141 Å². The molecule has 0 fully saturated rings. The van der Waals surface area contributed by atoms with E-state index in [4.69, 9.17) is 5.84 Å². The zero-order valence-electron chi connectivity index (χ0n) is 24.5. The highest BCUT2D eigenvalue weighted by atomic mass is 32.2. The van der Waals surface area contributed by atoms with Crippen LogP contribution in [0.5, 0.6) is 0 Å². The van der Waals surface area contributed by atoms with E-state index in [-0.39, 0.29) is 0 Å². The van der Waals surface area contributed by atoms with Crippen molar-refractivity contribution in [1.82, 2.24) is 4.41 Å². The number of sulfonamides is 1. The average molecular weight is 564 g/mol. The highest BCUT2D eigenvalue weighted by Crippen LogP contribution is 2.27. The number of unbranched alkanes of at least 4 members (excludes halogenated alkanes) is 17. The lowest BCUT2D eigenvalue weighted by atomic mass is 10.0. The molecule has 1 atom stereocenters. The number of hydrazine groups is 1. The Morgan fingerprint density at radius 1 is 0.795 bits per heavy atom. The first-order valence-corrected chi connectivity index (χ1v) is 16.8. The molecule has 8 heteroatoms. The molecule has 7 nitrogen and oxygen atoms in total. The molecule has 0 saturated carbocycles. The van der Waals surface area contributed by atoms with Crippen molar-refractivity contribution in [3.63, 3.8) is 0 Å². The molecule has 0 heterocycles. The Balaban J connectivity index is 2.60. The molecule has 0 aliphatic heterocycles. The van der Waals surface area contributed by atoms with Crippen LogP contribution in [0.2, 0.25) is 0 Å². The van der Waals surface area contributed by atoms with Gasteiger partial charge in [-0.05, 0) is 18.9 Å². The number of para-hydroxylation sites is 1. The lowest BCUT2D eigenvalue weighted by molar-refractivity contribution is -0.387. The topological polar surface area (TPSA) is 107 Å². The molecule has 0 unspecified atom stereocenters. The minimum atomic E-state index is -4.27. The van der Waals surface area contributed by atoms with Gasteiger partial charge in [-0.25, -0.2) is 8.42 Å². The predicted molar refractivity (Wildman–Crippen MR) is 162 cm³/mol. The standard InChI is InChI=1S/C31H53N3O4S/c1-3-5-7-9-11-12-13-14-15-16-17-18-20-22-26-29(25-21-19-10-8-6-4-2)33(32)39(37,38)31-28-24-23-27-30(31)34(35)36/h23-24,27-29H,3-21,25,32H2,1-2H3/t29-/m0/s1. The van der Waals surface area contributed by atoms with Gasteiger partial charge in [0.05, 0.1) is 4.92 Å². The van der Waals surface area contributed by atoms with Crippen LogP contribution < -0.4 is 5.84 Å². The summed E-state index contributed by atoms with van der Waals surface area (Å²) in [7, 11) is -4.27. The van der Waals surface area contributed by atoms with Gasteiger partial charge in [-0.15, -0.1) is 10.3 Å². The normalized spacial score (nSPS) is 12.3. The average Bonchev–Trinajstić information content (AvgIpc) is 2.93. The first-order chi connectivity index (χ1) is 18.9. The van der Waals surface area contributed by atoms with Crippen LogP contribution in [0.25, 0.3) is 0 Å². The van der Waals surface area contributed by atoms with Gasteiger partial charge in [0.1, 0.15) is 6.04 Å². The van der Waals surface area contributed by atoms with Gasteiger partial charge in [0.15, 0.2) is 4.90 Å². The minimum absolute atomic E-state index is 0.395. The van der Waals surface area contributed by atoms with Crippen LogP contribution in [0, 0.1) is 22.0 Å². The minimum Gasteiger partial charge on any atom is -0.258 e. The molecular weight excluding hydrogens is 510 g/mol. The van der Waals surface area contributed by atoms with Gasteiger partial charge in [0.25, 0.3) is 15.7 Å². The summed E-state index contributed by atoms with van der Waals surface area (Å²) in [5, 5.41) is 11.4. The molecule has 0 bridgehead atoms. The van der Waals surface area contributed by atoms with Crippen molar-refractivity contribution in [3.05, 3.63) is 34.4 Å². The summed E-state index contributed by atoms with van der Waals surface area (Å²) in [6.07, 6.45) is 22.9. The number of hydrogen-bond acceptors (Lipinski definition) is 5. The highest BCUT2D eigenvalue weighted by molar-refractivity contribution is 7.89. The maximum atomic E-state index is 13.2. The molecule has 0 saturated heterocycles. The van der Waals surface area contributed by atoms with Crippen molar-refractivity contribution in [2.45, 2.75) is 153 Å². The maximum Gasteiger partial charge on any atom is 0.289 e. The molecule has 0 aromatic heterocycles. The van der Waals surface area contributed by atoms with Gasteiger partial charge < -0.3 is 0 Å². The van der Waals surface area contributed by atoms with Crippen LogP contribution in [-0.2, 0) is 10.0 Å². The zero-order chi connectivity index (χ0) is 28.8. The molecule has 1 aromatic rings. The molecule has 0 amide bonds.